The van der Waals surface area contributed by atoms with Crippen molar-refractivity contribution in [2.24, 2.45) is 11.7 Å². The first kappa shape index (κ1) is 16.7. The van der Waals surface area contributed by atoms with Crippen LogP contribution in [0.4, 0.5) is 0 Å². The van der Waals surface area contributed by atoms with Gasteiger partial charge in [-0.3, -0.25) is 4.79 Å². The Hall–Kier alpha value is -2.17. The van der Waals surface area contributed by atoms with Crippen LogP contribution in [0.15, 0.2) is 54.6 Å². The largest absolute Gasteiger partial charge is 0.380 e. The van der Waals surface area contributed by atoms with Crippen LogP contribution in [0, 0.1) is 5.92 Å². The molecular formula is C20H24N2O2. The zero-order chi connectivity index (χ0) is 16.9. The maximum Gasteiger partial charge on any atom is 0.253 e. The van der Waals surface area contributed by atoms with E-state index in [1.54, 1.807) is 7.11 Å². The van der Waals surface area contributed by atoms with Gasteiger partial charge in [-0.15, -0.1) is 0 Å². The van der Waals surface area contributed by atoms with Gasteiger partial charge in [-0.2, -0.15) is 0 Å². The van der Waals surface area contributed by atoms with Gasteiger partial charge in [-0.25, -0.2) is 0 Å². The lowest BCUT2D eigenvalue weighted by atomic mass is 9.89. The molecule has 0 spiro atoms. The van der Waals surface area contributed by atoms with E-state index in [-0.39, 0.29) is 5.91 Å². The lowest BCUT2D eigenvalue weighted by molar-refractivity contribution is 0.0786. The Morgan fingerprint density at radius 1 is 1.12 bits per heavy atom. The number of nitrogens with zero attached hydrogens (tertiary/aromatic N) is 1. The Morgan fingerprint density at radius 3 is 2.46 bits per heavy atom. The zero-order valence-corrected chi connectivity index (χ0v) is 14.0. The van der Waals surface area contributed by atoms with Crippen LogP contribution in [0.5, 0.6) is 0 Å². The maximum absolute atomic E-state index is 12.8. The van der Waals surface area contributed by atoms with Crippen molar-refractivity contribution in [1.82, 2.24) is 4.90 Å². The van der Waals surface area contributed by atoms with Crippen LogP contribution in [0.1, 0.15) is 27.4 Å². The molecule has 1 saturated heterocycles. The van der Waals surface area contributed by atoms with Crippen molar-refractivity contribution in [3.05, 3.63) is 71.3 Å². The Labute approximate surface area is 143 Å². The summed E-state index contributed by atoms with van der Waals surface area (Å²) in [5.41, 5.74) is 9.02. The molecule has 1 amide bonds. The summed E-state index contributed by atoms with van der Waals surface area (Å²) in [6.07, 6.45) is 0. The Bertz CT molecular complexity index is 670. The summed E-state index contributed by atoms with van der Waals surface area (Å²) in [4.78, 5) is 14.7. The molecule has 3 rings (SSSR count). The molecule has 2 aromatic carbocycles. The summed E-state index contributed by atoms with van der Waals surface area (Å²) >= 11 is 0. The molecular weight excluding hydrogens is 300 g/mol. The fourth-order valence-electron chi connectivity index (χ4n) is 3.45. The van der Waals surface area contributed by atoms with Crippen molar-refractivity contribution >= 4 is 5.91 Å². The zero-order valence-electron chi connectivity index (χ0n) is 14.0. The Kier molecular flexibility index (Phi) is 5.28. The molecule has 0 saturated carbocycles. The van der Waals surface area contributed by atoms with E-state index in [1.807, 2.05) is 47.4 Å². The van der Waals surface area contributed by atoms with Crippen molar-refractivity contribution in [1.29, 1.82) is 0 Å². The van der Waals surface area contributed by atoms with Crippen molar-refractivity contribution in [2.45, 2.75) is 12.5 Å². The number of carbonyl (C=O) groups excluding carboxylic acids is 1. The third kappa shape index (κ3) is 3.50. The topological polar surface area (TPSA) is 55.6 Å². The molecule has 1 fully saturated rings. The molecule has 4 heteroatoms. The lowest BCUT2D eigenvalue weighted by Gasteiger charge is -2.17. The Morgan fingerprint density at radius 2 is 1.83 bits per heavy atom. The summed E-state index contributed by atoms with van der Waals surface area (Å²) in [6, 6.07) is 18.0. The number of hydrogen-bond donors (Lipinski definition) is 1. The van der Waals surface area contributed by atoms with Crippen LogP contribution >= 0.6 is 0 Å². The molecule has 1 heterocycles. The first-order chi connectivity index (χ1) is 11.7. The second-order valence-electron chi connectivity index (χ2n) is 6.35. The van der Waals surface area contributed by atoms with Gasteiger partial charge in [0.15, 0.2) is 0 Å². The van der Waals surface area contributed by atoms with Gasteiger partial charge in [0.2, 0.25) is 0 Å². The average molecular weight is 324 g/mol. The molecule has 0 radical (unpaired) electrons. The van der Waals surface area contributed by atoms with Crippen molar-refractivity contribution in [3.63, 3.8) is 0 Å². The number of ether oxygens (including phenoxy) is 1. The van der Waals surface area contributed by atoms with Crippen LogP contribution in [-0.4, -0.2) is 37.6 Å². The molecule has 1 aliphatic rings. The summed E-state index contributed by atoms with van der Waals surface area (Å²) in [6.45, 7) is 2.60. The SMILES string of the molecule is COCc1ccc(C(=O)N2C[C@@H](CN)[C@H](c3ccccc3)C2)cc1. The predicted octanol–water partition coefficient (Wildman–Crippen LogP) is 2.65. The van der Waals surface area contributed by atoms with E-state index in [0.29, 0.717) is 31.5 Å². The number of methoxy groups -OCH3 is 1. The molecule has 0 aliphatic carbocycles. The van der Waals surface area contributed by atoms with E-state index >= 15 is 0 Å². The molecule has 24 heavy (non-hydrogen) atoms. The van der Waals surface area contributed by atoms with Crippen LogP contribution in [0.25, 0.3) is 0 Å². The Balaban J connectivity index is 1.74. The highest BCUT2D eigenvalue weighted by Gasteiger charge is 2.35. The number of nitrogens with two attached hydrogens (primary N) is 1. The summed E-state index contributed by atoms with van der Waals surface area (Å²) in [7, 11) is 1.67. The minimum absolute atomic E-state index is 0.0795. The molecule has 2 N–H and O–H groups in total. The second kappa shape index (κ2) is 7.60. The van der Waals surface area contributed by atoms with E-state index in [0.717, 1.165) is 17.7 Å². The molecule has 0 bridgehead atoms. The van der Waals surface area contributed by atoms with Crippen LogP contribution in [0.2, 0.25) is 0 Å². The highest BCUT2D eigenvalue weighted by atomic mass is 16.5. The minimum atomic E-state index is 0.0795. The first-order valence-electron chi connectivity index (χ1n) is 8.35. The molecule has 0 unspecified atom stereocenters. The fraction of sp³-hybridized carbons (Fsp3) is 0.350. The normalized spacial score (nSPS) is 20.3. The highest BCUT2D eigenvalue weighted by molar-refractivity contribution is 5.94. The molecule has 4 nitrogen and oxygen atoms in total. The van der Waals surface area contributed by atoms with E-state index in [9.17, 15) is 4.79 Å². The number of likely N-dealkylation sites (tertiary alicyclic amines) is 1. The van der Waals surface area contributed by atoms with Crippen molar-refractivity contribution in [2.75, 3.05) is 26.7 Å². The van der Waals surface area contributed by atoms with E-state index in [1.165, 1.54) is 5.56 Å². The first-order valence-corrected chi connectivity index (χ1v) is 8.35. The van der Waals surface area contributed by atoms with E-state index in [2.05, 4.69) is 12.1 Å². The number of rotatable bonds is 5. The monoisotopic (exact) mass is 324 g/mol. The number of carbonyl (C=O) groups is 1. The van der Waals surface area contributed by atoms with Gasteiger partial charge in [-0.05, 0) is 35.7 Å². The third-order valence-electron chi connectivity index (χ3n) is 4.77. The molecule has 0 aromatic heterocycles. The summed E-state index contributed by atoms with van der Waals surface area (Å²) in [5.74, 6) is 0.702. The van der Waals surface area contributed by atoms with Crippen molar-refractivity contribution < 1.29 is 9.53 Å². The summed E-state index contributed by atoms with van der Waals surface area (Å²) < 4.78 is 5.11. The van der Waals surface area contributed by atoms with Crippen LogP contribution < -0.4 is 5.73 Å². The average Bonchev–Trinajstić information content (AvgIpc) is 3.07. The molecule has 2 atom stereocenters. The predicted molar refractivity (Wildman–Crippen MR) is 94.8 cm³/mol. The third-order valence-corrected chi connectivity index (χ3v) is 4.77. The molecule has 126 valence electrons. The van der Waals surface area contributed by atoms with E-state index < -0.39 is 0 Å². The van der Waals surface area contributed by atoms with Gasteiger partial charge in [0.1, 0.15) is 0 Å². The lowest BCUT2D eigenvalue weighted by Crippen LogP contribution is -2.29. The van der Waals surface area contributed by atoms with E-state index in [4.69, 9.17) is 10.5 Å². The quantitative estimate of drug-likeness (QED) is 0.920. The maximum atomic E-state index is 12.8. The van der Waals surface area contributed by atoms with Gasteiger partial charge in [0, 0.05) is 31.7 Å². The van der Waals surface area contributed by atoms with Gasteiger partial charge >= 0.3 is 0 Å². The van der Waals surface area contributed by atoms with Gasteiger partial charge in [-0.1, -0.05) is 42.5 Å². The van der Waals surface area contributed by atoms with Gasteiger partial charge < -0.3 is 15.4 Å². The smallest absolute Gasteiger partial charge is 0.253 e. The molecule has 2 aromatic rings. The van der Waals surface area contributed by atoms with Crippen LogP contribution in [0.3, 0.4) is 0 Å². The van der Waals surface area contributed by atoms with Crippen molar-refractivity contribution in [3.8, 4) is 0 Å². The summed E-state index contributed by atoms with van der Waals surface area (Å²) in [5, 5.41) is 0. The second-order valence-corrected chi connectivity index (χ2v) is 6.35. The molecule has 1 aliphatic heterocycles. The van der Waals surface area contributed by atoms with Gasteiger partial charge in [0.05, 0.1) is 6.61 Å². The van der Waals surface area contributed by atoms with Crippen LogP contribution in [-0.2, 0) is 11.3 Å². The fourth-order valence-corrected chi connectivity index (χ4v) is 3.45. The highest BCUT2D eigenvalue weighted by Crippen LogP contribution is 2.32. The number of amides is 1. The number of benzene rings is 2. The number of hydrogen-bond acceptors (Lipinski definition) is 3. The standard InChI is InChI=1S/C20H24N2O2/c1-24-14-15-7-9-17(10-8-15)20(23)22-12-18(11-21)19(13-22)16-5-3-2-4-6-16/h2-10,18-19H,11-14,21H2,1H3/t18-,19+/m1/s1. The minimum Gasteiger partial charge on any atom is -0.380 e. The van der Waals surface area contributed by atoms with Gasteiger partial charge in [0.25, 0.3) is 5.91 Å².